The Morgan fingerprint density at radius 1 is 1.03 bits per heavy atom. The van der Waals surface area contributed by atoms with E-state index in [4.69, 9.17) is 14.2 Å². The van der Waals surface area contributed by atoms with Crippen LogP contribution in [-0.4, -0.2) is 47.5 Å². The van der Waals surface area contributed by atoms with Crippen LogP contribution in [0.25, 0.3) is 5.76 Å². The summed E-state index contributed by atoms with van der Waals surface area (Å²) in [5, 5.41) is 11.2. The van der Waals surface area contributed by atoms with Gasteiger partial charge in [-0.2, -0.15) is 0 Å². The second-order valence-corrected chi connectivity index (χ2v) is 7.86. The predicted molar refractivity (Wildman–Crippen MR) is 129 cm³/mol. The highest BCUT2D eigenvalue weighted by Crippen LogP contribution is 2.42. The van der Waals surface area contributed by atoms with Crippen LogP contribution in [0.5, 0.6) is 17.2 Å². The van der Waals surface area contributed by atoms with Gasteiger partial charge in [-0.3, -0.25) is 14.6 Å². The smallest absolute Gasteiger partial charge is 0.295 e. The van der Waals surface area contributed by atoms with Crippen LogP contribution in [0.1, 0.15) is 29.7 Å². The average molecular weight is 475 g/mol. The summed E-state index contributed by atoms with van der Waals surface area (Å²) in [6.07, 6.45) is 3.27. The molecule has 0 spiro atoms. The fraction of sp³-hybridized carbons (Fsp3) is 0.222. The molecule has 0 aliphatic carbocycles. The molecule has 1 N–H and O–H groups in total. The first-order valence-electron chi connectivity index (χ1n) is 11.1. The van der Waals surface area contributed by atoms with E-state index in [0.29, 0.717) is 35.0 Å². The van der Waals surface area contributed by atoms with Gasteiger partial charge in [0.1, 0.15) is 11.5 Å². The highest BCUT2D eigenvalue weighted by Gasteiger charge is 2.46. The minimum absolute atomic E-state index is 0.00438. The Balaban J connectivity index is 1.86. The molecule has 0 bridgehead atoms. The molecule has 1 fully saturated rings. The number of ketones is 1. The zero-order valence-corrected chi connectivity index (χ0v) is 19.7. The van der Waals surface area contributed by atoms with Crippen molar-refractivity contribution in [1.82, 2.24) is 9.88 Å². The lowest BCUT2D eigenvalue weighted by Crippen LogP contribution is -2.29. The third-order valence-corrected chi connectivity index (χ3v) is 5.78. The number of benzene rings is 2. The van der Waals surface area contributed by atoms with E-state index in [0.717, 1.165) is 5.56 Å². The first kappa shape index (κ1) is 23.8. The van der Waals surface area contributed by atoms with Crippen molar-refractivity contribution < 1.29 is 28.9 Å². The Labute approximate surface area is 203 Å². The number of aliphatic hydroxyl groups is 1. The van der Waals surface area contributed by atoms with Crippen LogP contribution < -0.4 is 14.2 Å². The number of aliphatic hydroxyl groups excluding tert-OH is 1. The maximum atomic E-state index is 13.2. The standard InChI is InChI=1S/C27H26N2O6/c1-4-35-21-12-9-19(14-22(21)34-3)24-23(25(30)18-7-10-20(33-2)11-8-18)26(31)27(32)29(24)16-17-6-5-13-28-15-17/h5-15,24,30H,4,16H2,1-3H3/b25-23+. The van der Waals surface area contributed by atoms with E-state index in [9.17, 15) is 14.7 Å². The van der Waals surface area contributed by atoms with Gasteiger partial charge >= 0.3 is 0 Å². The van der Waals surface area contributed by atoms with Crippen molar-refractivity contribution in [3.8, 4) is 17.2 Å². The maximum absolute atomic E-state index is 13.2. The lowest BCUT2D eigenvalue weighted by molar-refractivity contribution is -0.140. The van der Waals surface area contributed by atoms with Crippen LogP contribution in [0.3, 0.4) is 0 Å². The summed E-state index contributed by atoms with van der Waals surface area (Å²) in [5.41, 5.74) is 1.74. The molecule has 4 rings (SSSR count). The molecular formula is C27H26N2O6. The Kier molecular flexibility index (Phi) is 7.01. The molecule has 1 amide bonds. The molecule has 180 valence electrons. The van der Waals surface area contributed by atoms with Gasteiger partial charge in [-0.05, 0) is 60.5 Å². The van der Waals surface area contributed by atoms with Gasteiger partial charge in [-0.25, -0.2) is 0 Å². The summed E-state index contributed by atoms with van der Waals surface area (Å²) >= 11 is 0. The van der Waals surface area contributed by atoms with Crippen LogP contribution in [-0.2, 0) is 16.1 Å². The number of carbonyl (C=O) groups excluding carboxylic acids is 2. The molecule has 8 heteroatoms. The second kappa shape index (κ2) is 10.3. The molecule has 0 saturated carbocycles. The van der Waals surface area contributed by atoms with E-state index in [1.807, 2.05) is 13.0 Å². The number of pyridine rings is 1. The van der Waals surface area contributed by atoms with Crippen molar-refractivity contribution in [2.45, 2.75) is 19.5 Å². The van der Waals surface area contributed by atoms with Gasteiger partial charge in [0.2, 0.25) is 0 Å². The highest BCUT2D eigenvalue weighted by atomic mass is 16.5. The molecule has 1 unspecified atom stereocenters. The average Bonchev–Trinajstić information content (AvgIpc) is 3.14. The van der Waals surface area contributed by atoms with E-state index < -0.39 is 17.7 Å². The number of Topliss-reactive ketones (excluding diaryl/α,β-unsaturated/α-hetero) is 1. The van der Waals surface area contributed by atoms with Crippen molar-refractivity contribution in [2.75, 3.05) is 20.8 Å². The first-order chi connectivity index (χ1) is 17.0. The van der Waals surface area contributed by atoms with E-state index in [1.54, 1.807) is 60.9 Å². The lowest BCUT2D eigenvalue weighted by atomic mass is 9.94. The summed E-state index contributed by atoms with van der Waals surface area (Å²) < 4.78 is 16.3. The molecule has 1 atom stereocenters. The lowest BCUT2D eigenvalue weighted by Gasteiger charge is -2.26. The fourth-order valence-electron chi connectivity index (χ4n) is 4.11. The molecule has 1 saturated heterocycles. The SMILES string of the molecule is CCOc1ccc(C2/C(=C(\O)c3ccc(OC)cc3)C(=O)C(=O)N2Cc2cccnc2)cc1OC. The van der Waals surface area contributed by atoms with Crippen molar-refractivity contribution in [1.29, 1.82) is 0 Å². The number of rotatable bonds is 8. The van der Waals surface area contributed by atoms with E-state index in [2.05, 4.69) is 4.98 Å². The minimum Gasteiger partial charge on any atom is -0.507 e. The van der Waals surface area contributed by atoms with E-state index >= 15 is 0 Å². The number of amides is 1. The molecule has 1 aliphatic heterocycles. The van der Waals surface area contributed by atoms with Crippen LogP contribution in [0.4, 0.5) is 0 Å². The normalized spacial score (nSPS) is 16.9. The third-order valence-electron chi connectivity index (χ3n) is 5.78. The van der Waals surface area contributed by atoms with E-state index in [-0.39, 0.29) is 17.9 Å². The van der Waals surface area contributed by atoms with Crippen molar-refractivity contribution in [3.05, 3.63) is 89.3 Å². The molecule has 3 aromatic rings. The number of aromatic nitrogens is 1. The number of likely N-dealkylation sites (tertiary alicyclic amines) is 1. The summed E-state index contributed by atoms with van der Waals surface area (Å²) in [7, 11) is 3.06. The molecule has 35 heavy (non-hydrogen) atoms. The van der Waals surface area contributed by atoms with Gasteiger partial charge in [0.25, 0.3) is 11.7 Å². The number of carbonyl (C=O) groups is 2. The molecule has 1 aliphatic rings. The van der Waals surface area contributed by atoms with Gasteiger partial charge in [0.05, 0.1) is 32.4 Å². The number of ether oxygens (including phenoxy) is 3. The quantitative estimate of drug-likeness (QED) is 0.298. The van der Waals surface area contributed by atoms with Gasteiger partial charge in [-0.15, -0.1) is 0 Å². The summed E-state index contributed by atoms with van der Waals surface area (Å²) in [6, 6.07) is 14.6. The summed E-state index contributed by atoms with van der Waals surface area (Å²) in [5.74, 6) is -0.135. The van der Waals surface area contributed by atoms with Gasteiger partial charge < -0.3 is 24.2 Å². The number of nitrogens with zero attached hydrogens (tertiary/aromatic N) is 2. The molecule has 8 nitrogen and oxygen atoms in total. The fourth-order valence-corrected chi connectivity index (χ4v) is 4.11. The molecule has 2 aromatic carbocycles. The van der Waals surface area contributed by atoms with Crippen LogP contribution >= 0.6 is 0 Å². The maximum Gasteiger partial charge on any atom is 0.295 e. The monoisotopic (exact) mass is 474 g/mol. The number of hydrogen-bond acceptors (Lipinski definition) is 7. The molecule has 0 radical (unpaired) electrons. The van der Waals surface area contributed by atoms with Gasteiger partial charge in [-0.1, -0.05) is 12.1 Å². The Morgan fingerprint density at radius 3 is 2.43 bits per heavy atom. The molecule has 2 heterocycles. The van der Waals surface area contributed by atoms with Crippen molar-refractivity contribution >= 4 is 17.4 Å². The Morgan fingerprint density at radius 2 is 1.80 bits per heavy atom. The topological polar surface area (TPSA) is 98.2 Å². The van der Waals surface area contributed by atoms with Gasteiger partial charge in [0.15, 0.2) is 11.5 Å². The summed E-state index contributed by atoms with van der Waals surface area (Å²) in [4.78, 5) is 32.0. The second-order valence-electron chi connectivity index (χ2n) is 7.86. The van der Waals surface area contributed by atoms with Crippen molar-refractivity contribution in [3.63, 3.8) is 0 Å². The van der Waals surface area contributed by atoms with Gasteiger partial charge in [0, 0.05) is 24.5 Å². The first-order valence-corrected chi connectivity index (χ1v) is 11.1. The van der Waals surface area contributed by atoms with Crippen LogP contribution in [0.2, 0.25) is 0 Å². The zero-order valence-electron chi connectivity index (χ0n) is 19.7. The third kappa shape index (κ3) is 4.68. The van der Waals surface area contributed by atoms with E-state index in [1.165, 1.54) is 19.1 Å². The molecular weight excluding hydrogens is 448 g/mol. The molecule has 1 aromatic heterocycles. The Bertz CT molecular complexity index is 1250. The predicted octanol–water partition coefficient (Wildman–Crippen LogP) is 4.12. The largest absolute Gasteiger partial charge is 0.507 e. The minimum atomic E-state index is -0.845. The number of methoxy groups -OCH3 is 2. The van der Waals surface area contributed by atoms with Crippen LogP contribution in [0.15, 0.2) is 72.6 Å². The number of hydrogen-bond donors (Lipinski definition) is 1. The van der Waals surface area contributed by atoms with Crippen molar-refractivity contribution in [2.24, 2.45) is 0 Å². The summed E-state index contributed by atoms with van der Waals surface area (Å²) in [6.45, 7) is 2.45. The van der Waals surface area contributed by atoms with Crippen LogP contribution in [0, 0.1) is 0 Å². The zero-order chi connectivity index (χ0) is 24.9. The Hall–Kier alpha value is -4.33. The highest BCUT2D eigenvalue weighted by molar-refractivity contribution is 6.46.